The van der Waals surface area contributed by atoms with Gasteiger partial charge in [-0.2, -0.15) is 0 Å². The van der Waals surface area contributed by atoms with Crippen LogP contribution in [0.3, 0.4) is 0 Å². The molecular weight excluding hydrogens is 314 g/mol. The normalized spacial score (nSPS) is 11.0. The summed E-state index contributed by atoms with van der Waals surface area (Å²) in [5.41, 5.74) is 3.89. The third-order valence-corrected chi connectivity index (χ3v) is 4.34. The monoisotopic (exact) mass is 331 g/mol. The van der Waals surface area contributed by atoms with Crippen molar-refractivity contribution in [2.45, 2.75) is 6.92 Å². The minimum atomic E-state index is -0.190. The summed E-state index contributed by atoms with van der Waals surface area (Å²) >= 11 is 0. The molecule has 25 heavy (non-hydrogen) atoms. The van der Waals surface area contributed by atoms with Gasteiger partial charge in [-0.15, -0.1) is 0 Å². The second-order valence-corrected chi connectivity index (χ2v) is 5.91. The molecule has 0 unspecified atom stereocenters. The zero-order valence-electron chi connectivity index (χ0n) is 14.0. The molecule has 0 atom stereocenters. The standard InChI is InChI=1S/C20H17N3O2/c1-12-16-10-15(25-2)7-8-18(16)23-19(12)20(24)22-14-9-13-5-3-4-6-17(13)21-11-14/h3-11,23H,1-2H3,(H,22,24). The second-order valence-electron chi connectivity index (χ2n) is 5.91. The number of anilines is 1. The lowest BCUT2D eigenvalue weighted by Gasteiger charge is -2.06. The van der Waals surface area contributed by atoms with Gasteiger partial charge in [0.25, 0.3) is 5.91 Å². The lowest BCUT2D eigenvalue weighted by molar-refractivity contribution is 0.102. The maximum Gasteiger partial charge on any atom is 0.272 e. The number of para-hydroxylation sites is 1. The van der Waals surface area contributed by atoms with Crippen LogP contribution in [0.4, 0.5) is 5.69 Å². The van der Waals surface area contributed by atoms with Gasteiger partial charge < -0.3 is 15.0 Å². The molecule has 0 aliphatic heterocycles. The highest BCUT2D eigenvalue weighted by Crippen LogP contribution is 2.26. The first kappa shape index (κ1) is 15.2. The maximum absolute atomic E-state index is 12.7. The number of fused-ring (bicyclic) bond motifs is 2. The van der Waals surface area contributed by atoms with Crippen molar-refractivity contribution in [2.75, 3.05) is 12.4 Å². The van der Waals surface area contributed by atoms with Gasteiger partial charge in [0.15, 0.2) is 0 Å². The number of amides is 1. The Morgan fingerprint density at radius 2 is 2.00 bits per heavy atom. The quantitative estimate of drug-likeness (QED) is 0.588. The van der Waals surface area contributed by atoms with Crippen molar-refractivity contribution in [2.24, 2.45) is 0 Å². The molecule has 4 rings (SSSR count). The van der Waals surface area contributed by atoms with Gasteiger partial charge in [0, 0.05) is 16.3 Å². The molecule has 2 aromatic heterocycles. The maximum atomic E-state index is 12.7. The molecule has 0 bridgehead atoms. The van der Waals surface area contributed by atoms with Crippen molar-refractivity contribution in [3.63, 3.8) is 0 Å². The SMILES string of the molecule is COc1ccc2[nH]c(C(=O)Nc3cnc4ccccc4c3)c(C)c2c1. The number of rotatable bonds is 3. The molecule has 0 saturated carbocycles. The summed E-state index contributed by atoms with van der Waals surface area (Å²) in [6, 6.07) is 15.4. The predicted octanol–water partition coefficient (Wildman–Crippen LogP) is 4.29. The van der Waals surface area contributed by atoms with Crippen LogP contribution in [0.2, 0.25) is 0 Å². The number of nitrogens with one attached hydrogen (secondary N) is 2. The summed E-state index contributed by atoms with van der Waals surface area (Å²) in [7, 11) is 1.63. The Morgan fingerprint density at radius 3 is 2.84 bits per heavy atom. The molecule has 5 nitrogen and oxygen atoms in total. The number of aryl methyl sites for hydroxylation is 1. The number of hydrogen-bond acceptors (Lipinski definition) is 3. The van der Waals surface area contributed by atoms with Crippen molar-refractivity contribution in [3.8, 4) is 5.75 Å². The van der Waals surface area contributed by atoms with E-state index < -0.39 is 0 Å². The van der Waals surface area contributed by atoms with E-state index in [2.05, 4.69) is 15.3 Å². The number of hydrogen-bond donors (Lipinski definition) is 2. The molecule has 0 fully saturated rings. The Labute approximate surface area is 144 Å². The summed E-state index contributed by atoms with van der Waals surface area (Å²) in [5.74, 6) is 0.574. The van der Waals surface area contributed by atoms with Crippen molar-refractivity contribution in [3.05, 3.63) is 66.0 Å². The molecular formula is C20H17N3O2. The van der Waals surface area contributed by atoms with E-state index in [0.717, 1.165) is 33.1 Å². The number of H-pyrrole nitrogens is 1. The Kier molecular flexibility index (Phi) is 3.61. The molecule has 0 radical (unpaired) electrons. The number of benzene rings is 2. The highest BCUT2D eigenvalue weighted by Gasteiger charge is 2.15. The van der Waals surface area contributed by atoms with Gasteiger partial charge in [-0.3, -0.25) is 9.78 Å². The van der Waals surface area contributed by atoms with E-state index in [1.54, 1.807) is 13.3 Å². The fourth-order valence-electron chi connectivity index (χ4n) is 2.99. The van der Waals surface area contributed by atoms with E-state index in [1.807, 2.05) is 55.5 Å². The second kappa shape index (κ2) is 5.94. The number of ether oxygens (including phenoxy) is 1. The number of methoxy groups -OCH3 is 1. The molecule has 5 heteroatoms. The van der Waals surface area contributed by atoms with Crippen LogP contribution < -0.4 is 10.1 Å². The fraction of sp³-hybridized carbons (Fsp3) is 0.100. The van der Waals surface area contributed by atoms with E-state index in [4.69, 9.17) is 4.74 Å². The third kappa shape index (κ3) is 2.70. The summed E-state index contributed by atoms with van der Waals surface area (Å²) in [4.78, 5) is 20.3. The van der Waals surface area contributed by atoms with E-state index >= 15 is 0 Å². The molecule has 2 heterocycles. The van der Waals surface area contributed by atoms with Crippen LogP contribution in [0.25, 0.3) is 21.8 Å². The van der Waals surface area contributed by atoms with Gasteiger partial charge in [-0.05, 0) is 42.8 Å². The zero-order chi connectivity index (χ0) is 17.4. The van der Waals surface area contributed by atoms with Gasteiger partial charge in [-0.25, -0.2) is 0 Å². The Hall–Kier alpha value is -3.34. The van der Waals surface area contributed by atoms with Crippen LogP contribution >= 0.6 is 0 Å². The van der Waals surface area contributed by atoms with E-state index in [1.165, 1.54) is 0 Å². The lowest BCUT2D eigenvalue weighted by atomic mass is 10.1. The molecule has 2 aromatic carbocycles. The van der Waals surface area contributed by atoms with E-state index in [0.29, 0.717) is 11.4 Å². The van der Waals surface area contributed by atoms with Crippen molar-refractivity contribution in [1.82, 2.24) is 9.97 Å². The van der Waals surface area contributed by atoms with Crippen LogP contribution in [0.15, 0.2) is 54.7 Å². The van der Waals surface area contributed by atoms with E-state index in [9.17, 15) is 4.79 Å². The first-order valence-electron chi connectivity index (χ1n) is 7.98. The Bertz CT molecular complexity index is 1100. The van der Waals surface area contributed by atoms with Crippen LogP contribution in [-0.4, -0.2) is 23.0 Å². The summed E-state index contributed by atoms with van der Waals surface area (Å²) in [6.07, 6.45) is 1.67. The molecule has 4 aromatic rings. The largest absolute Gasteiger partial charge is 0.497 e. The number of carbonyl (C=O) groups is 1. The molecule has 1 amide bonds. The molecule has 0 aliphatic rings. The van der Waals surface area contributed by atoms with Crippen LogP contribution in [0, 0.1) is 6.92 Å². The van der Waals surface area contributed by atoms with Gasteiger partial charge in [0.2, 0.25) is 0 Å². The zero-order valence-corrected chi connectivity index (χ0v) is 14.0. The lowest BCUT2D eigenvalue weighted by Crippen LogP contribution is -2.13. The van der Waals surface area contributed by atoms with Crippen molar-refractivity contribution >= 4 is 33.4 Å². The highest BCUT2D eigenvalue weighted by atomic mass is 16.5. The number of pyridine rings is 1. The van der Waals surface area contributed by atoms with Gasteiger partial charge in [0.05, 0.1) is 24.5 Å². The summed E-state index contributed by atoms with van der Waals surface area (Å²) in [5, 5.41) is 4.87. The number of nitrogens with zero attached hydrogens (tertiary/aromatic N) is 1. The highest BCUT2D eigenvalue weighted by molar-refractivity contribution is 6.08. The fourth-order valence-corrected chi connectivity index (χ4v) is 2.99. The topological polar surface area (TPSA) is 67.0 Å². The average Bonchev–Trinajstić information content (AvgIpc) is 2.98. The molecule has 0 spiro atoms. The van der Waals surface area contributed by atoms with Gasteiger partial charge in [-0.1, -0.05) is 18.2 Å². The number of aromatic amines is 1. The molecule has 0 saturated heterocycles. The smallest absolute Gasteiger partial charge is 0.272 e. The molecule has 2 N–H and O–H groups in total. The minimum absolute atomic E-state index is 0.190. The van der Waals surface area contributed by atoms with Gasteiger partial charge >= 0.3 is 0 Å². The predicted molar refractivity (Wildman–Crippen MR) is 99.3 cm³/mol. The molecule has 124 valence electrons. The van der Waals surface area contributed by atoms with Gasteiger partial charge in [0.1, 0.15) is 11.4 Å². The van der Waals surface area contributed by atoms with E-state index in [-0.39, 0.29) is 5.91 Å². The summed E-state index contributed by atoms with van der Waals surface area (Å²) < 4.78 is 5.26. The van der Waals surface area contributed by atoms with Crippen molar-refractivity contribution < 1.29 is 9.53 Å². The molecule has 0 aliphatic carbocycles. The number of carbonyl (C=O) groups excluding carboxylic acids is 1. The third-order valence-electron chi connectivity index (χ3n) is 4.34. The summed E-state index contributed by atoms with van der Waals surface area (Å²) in [6.45, 7) is 1.92. The van der Waals surface area contributed by atoms with Crippen LogP contribution in [0.5, 0.6) is 5.75 Å². The Morgan fingerprint density at radius 1 is 1.16 bits per heavy atom. The van der Waals surface area contributed by atoms with Crippen LogP contribution in [0.1, 0.15) is 16.1 Å². The first-order chi connectivity index (χ1) is 12.2. The Balaban J connectivity index is 1.68. The van der Waals surface area contributed by atoms with Crippen LogP contribution in [-0.2, 0) is 0 Å². The average molecular weight is 331 g/mol. The minimum Gasteiger partial charge on any atom is -0.497 e. The first-order valence-corrected chi connectivity index (χ1v) is 7.98. The number of aromatic nitrogens is 2. The van der Waals surface area contributed by atoms with Crippen molar-refractivity contribution in [1.29, 1.82) is 0 Å².